The largest absolute Gasteiger partial charge is 0.397 e. The van der Waals surface area contributed by atoms with Crippen LogP contribution in [0.4, 0.5) is 11.4 Å². The predicted molar refractivity (Wildman–Crippen MR) is 67.8 cm³/mol. The van der Waals surface area contributed by atoms with Gasteiger partial charge in [0.1, 0.15) is 0 Å². The van der Waals surface area contributed by atoms with Crippen molar-refractivity contribution in [3.05, 3.63) is 23.8 Å². The Kier molecular flexibility index (Phi) is 2.80. The minimum absolute atomic E-state index is 0.0141. The smallest absolute Gasteiger partial charge is 0.0694 e. The maximum Gasteiger partial charge on any atom is 0.0694 e. The zero-order chi connectivity index (χ0) is 11.8. The zero-order valence-corrected chi connectivity index (χ0v) is 10.3. The molecule has 0 aromatic heterocycles. The number of hydrogen-bond acceptors (Lipinski definition) is 3. The maximum atomic E-state index is 6.06. The van der Waals surface area contributed by atoms with Crippen LogP contribution in [0.5, 0.6) is 0 Å². The fourth-order valence-electron chi connectivity index (χ4n) is 2.19. The van der Waals surface area contributed by atoms with Crippen molar-refractivity contribution >= 4 is 11.4 Å². The minimum atomic E-state index is 0.0141. The molecule has 1 fully saturated rings. The van der Waals surface area contributed by atoms with Crippen molar-refractivity contribution in [2.24, 2.45) is 0 Å². The Morgan fingerprint density at radius 1 is 1.38 bits per heavy atom. The topological polar surface area (TPSA) is 38.5 Å². The summed E-state index contributed by atoms with van der Waals surface area (Å²) in [5.41, 5.74) is 9.30. The SMILES string of the molecule is Cc1ccc(N)c(N2CCOCC2(C)C)c1. The number of rotatable bonds is 1. The van der Waals surface area contributed by atoms with Crippen LogP contribution in [0.2, 0.25) is 0 Å². The number of aryl methyl sites for hydroxylation is 1. The monoisotopic (exact) mass is 220 g/mol. The highest BCUT2D eigenvalue weighted by atomic mass is 16.5. The zero-order valence-electron chi connectivity index (χ0n) is 10.3. The van der Waals surface area contributed by atoms with Gasteiger partial charge in [0.15, 0.2) is 0 Å². The number of benzene rings is 1. The molecular weight excluding hydrogens is 200 g/mol. The summed E-state index contributed by atoms with van der Waals surface area (Å²) in [7, 11) is 0. The minimum Gasteiger partial charge on any atom is -0.397 e. The Morgan fingerprint density at radius 2 is 2.12 bits per heavy atom. The Bertz CT molecular complexity index is 388. The van der Waals surface area contributed by atoms with E-state index in [4.69, 9.17) is 10.5 Å². The highest BCUT2D eigenvalue weighted by Gasteiger charge is 2.31. The van der Waals surface area contributed by atoms with Gasteiger partial charge in [-0.1, -0.05) is 6.07 Å². The maximum absolute atomic E-state index is 6.06. The van der Waals surface area contributed by atoms with Crippen LogP contribution in [0, 0.1) is 6.92 Å². The van der Waals surface area contributed by atoms with E-state index in [0.29, 0.717) is 0 Å². The Morgan fingerprint density at radius 3 is 2.81 bits per heavy atom. The van der Waals surface area contributed by atoms with Crippen molar-refractivity contribution in [1.82, 2.24) is 0 Å². The van der Waals surface area contributed by atoms with Crippen molar-refractivity contribution in [1.29, 1.82) is 0 Å². The summed E-state index contributed by atoms with van der Waals surface area (Å²) in [5.74, 6) is 0. The summed E-state index contributed by atoms with van der Waals surface area (Å²) in [6, 6.07) is 6.19. The van der Waals surface area contributed by atoms with Gasteiger partial charge < -0.3 is 15.4 Å². The van der Waals surface area contributed by atoms with Crippen LogP contribution in [0.1, 0.15) is 19.4 Å². The number of nitrogen functional groups attached to an aromatic ring is 1. The highest BCUT2D eigenvalue weighted by Crippen LogP contribution is 2.32. The molecule has 0 amide bonds. The fraction of sp³-hybridized carbons (Fsp3) is 0.538. The average molecular weight is 220 g/mol. The second-order valence-corrected chi connectivity index (χ2v) is 5.08. The molecule has 0 spiro atoms. The number of ether oxygens (including phenoxy) is 1. The molecule has 3 nitrogen and oxygen atoms in total. The van der Waals surface area contributed by atoms with E-state index in [2.05, 4.69) is 31.7 Å². The van der Waals surface area contributed by atoms with E-state index >= 15 is 0 Å². The molecule has 0 radical (unpaired) electrons. The molecule has 1 aliphatic rings. The summed E-state index contributed by atoms with van der Waals surface area (Å²) in [4.78, 5) is 2.35. The number of hydrogen-bond donors (Lipinski definition) is 1. The van der Waals surface area contributed by atoms with Crippen LogP contribution < -0.4 is 10.6 Å². The van der Waals surface area contributed by atoms with Crippen molar-refractivity contribution in [3.63, 3.8) is 0 Å². The van der Waals surface area contributed by atoms with E-state index in [0.717, 1.165) is 31.1 Å². The van der Waals surface area contributed by atoms with Crippen molar-refractivity contribution < 1.29 is 4.74 Å². The average Bonchev–Trinajstić information content (AvgIpc) is 2.22. The van der Waals surface area contributed by atoms with Gasteiger partial charge in [-0.3, -0.25) is 0 Å². The van der Waals surface area contributed by atoms with Gasteiger partial charge in [0.25, 0.3) is 0 Å². The molecule has 16 heavy (non-hydrogen) atoms. The second kappa shape index (κ2) is 3.98. The van der Waals surface area contributed by atoms with E-state index in [-0.39, 0.29) is 5.54 Å². The van der Waals surface area contributed by atoms with E-state index in [9.17, 15) is 0 Å². The van der Waals surface area contributed by atoms with Gasteiger partial charge in [-0.15, -0.1) is 0 Å². The molecule has 0 atom stereocenters. The summed E-state index contributed by atoms with van der Waals surface area (Å²) in [5, 5.41) is 0. The summed E-state index contributed by atoms with van der Waals surface area (Å²) >= 11 is 0. The standard InChI is InChI=1S/C13H20N2O/c1-10-4-5-11(14)12(8-10)15-6-7-16-9-13(15,2)3/h4-5,8H,6-7,9,14H2,1-3H3. The molecule has 1 aromatic carbocycles. The van der Waals surface area contributed by atoms with Gasteiger partial charge in [-0.05, 0) is 38.5 Å². The molecule has 1 saturated heterocycles. The molecule has 1 heterocycles. The van der Waals surface area contributed by atoms with Gasteiger partial charge >= 0.3 is 0 Å². The van der Waals surface area contributed by atoms with Crippen LogP contribution in [0.3, 0.4) is 0 Å². The third kappa shape index (κ3) is 2.00. The molecule has 1 aliphatic heterocycles. The first-order valence-corrected chi connectivity index (χ1v) is 5.72. The van der Waals surface area contributed by atoms with Gasteiger partial charge in [0, 0.05) is 6.54 Å². The highest BCUT2D eigenvalue weighted by molar-refractivity contribution is 5.69. The van der Waals surface area contributed by atoms with Crippen LogP contribution in [0.15, 0.2) is 18.2 Å². The molecule has 2 N–H and O–H groups in total. The molecule has 2 rings (SSSR count). The first-order valence-electron chi connectivity index (χ1n) is 5.72. The number of morpholine rings is 1. The second-order valence-electron chi connectivity index (χ2n) is 5.08. The molecule has 1 aromatic rings. The lowest BCUT2D eigenvalue weighted by atomic mass is 10.0. The van der Waals surface area contributed by atoms with Crippen LogP contribution in [-0.2, 0) is 4.74 Å². The summed E-state index contributed by atoms with van der Waals surface area (Å²) < 4.78 is 5.52. The lowest BCUT2D eigenvalue weighted by molar-refractivity contribution is 0.0645. The summed E-state index contributed by atoms with van der Waals surface area (Å²) in [6.07, 6.45) is 0. The third-order valence-corrected chi connectivity index (χ3v) is 3.12. The fourth-order valence-corrected chi connectivity index (χ4v) is 2.19. The molecular formula is C13H20N2O. The van der Waals surface area contributed by atoms with Crippen LogP contribution in [0.25, 0.3) is 0 Å². The molecule has 0 saturated carbocycles. The molecule has 88 valence electrons. The summed E-state index contributed by atoms with van der Waals surface area (Å²) in [6.45, 7) is 8.90. The Labute approximate surface area is 97.2 Å². The van der Waals surface area contributed by atoms with Crippen molar-refractivity contribution in [2.45, 2.75) is 26.3 Å². The van der Waals surface area contributed by atoms with Gasteiger partial charge in [0.05, 0.1) is 30.1 Å². The van der Waals surface area contributed by atoms with E-state index < -0.39 is 0 Å². The molecule has 3 heteroatoms. The molecule has 0 bridgehead atoms. The first kappa shape index (κ1) is 11.3. The number of anilines is 2. The van der Waals surface area contributed by atoms with Crippen molar-refractivity contribution in [2.75, 3.05) is 30.4 Å². The Balaban J connectivity index is 2.38. The first-order chi connectivity index (χ1) is 7.50. The normalized spacial score (nSPS) is 19.8. The number of nitrogens with two attached hydrogens (primary N) is 1. The van der Waals surface area contributed by atoms with E-state index in [1.165, 1.54) is 5.56 Å². The lowest BCUT2D eigenvalue weighted by Crippen LogP contribution is -2.53. The third-order valence-electron chi connectivity index (χ3n) is 3.12. The van der Waals surface area contributed by atoms with Crippen LogP contribution >= 0.6 is 0 Å². The lowest BCUT2D eigenvalue weighted by Gasteiger charge is -2.44. The number of nitrogens with zero attached hydrogens (tertiary/aromatic N) is 1. The van der Waals surface area contributed by atoms with Gasteiger partial charge in [-0.2, -0.15) is 0 Å². The van der Waals surface area contributed by atoms with E-state index in [1.807, 2.05) is 12.1 Å². The predicted octanol–water partition coefficient (Wildman–Crippen LogP) is 2.19. The van der Waals surface area contributed by atoms with E-state index in [1.54, 1.807) is 0 Å². The molecule has 0 aliphatic carbocycles. The quantitative estimate of drug-likeness (QED) is 0.737. The van der Waals surface area contributed by atoms with Crippen LogP contribution in [-0.4, -0.2) is 25.3 Å². The van der Waals surface area contributed by atoms with Crippen molar-refractivity contribution in [3.8, 4) is 0 Å². The van der Waals surface area contributed by atoms with Gasteiger partial charge in [-0.25, -0.2) is 0 Å². The van der Waals surface area contributed by atoms with Gasteiger partial charge in [0.2, 0.25) is 0 Å². The molecule has 0 unspecified atom stereocenters. The Hall–Kier alpha value is -1.22.